The summed E-state index contributed by atoms with van der Waals surface area (Å²) in [7, 11) is 0. The lowest BCUT2D eigenvalue weighted by Crippen LogP contribution is -2.33. The van der Waals surface area contributed by atoms with Gasteiger partial charge in [-0.05, 0) is 32.7 Å². The zero-order chi connectivity index (χ0) is 11.7. The summed E-state index contributed by atoms with van der Waals surface area (Å²) in [5.41, 5.74) is 0. The van der Waals surface area contributed by atoms with Crippen LogP contribution in [0.1, 0.15) is 40.5 Å². The van der Waals surface area contributed by atoms with E-state index in [9.17, 15) is 4.79 Å². The van der Waals surface area contributed by atoms with Crippen LogP contribution in [0.5, 0.6) is 0 Å². The van der Waals surface area contributed by atoms with Gasteiger partial charge in [0.15, 0.2) is 0 Å². The molecular formula is C12H26N2O. The molecule has 0 spiro atoms. The predicted octanol–water partition coefficient (Wildman–Crippen LogP) is 1.88. The van der Waals surface area contributed by atoms with Gasteiger partial charge in [-0.25, -0.2) is 0 Å². The molecule has 0 aliphatic rings. The molecular weight excluding hydrogens is 188 g/mol. The van der Waals surface area contributed by atoms with Gasteiger partial charge in [0.1, 0.15) is 0 Å². The Balaban J connectivity index is 3.46. The van der Waals surface area contributed by atoms with Gasteiger partial charge in [-0.1, -0.05) is 13.8 Å². The lowest BCUT2D eigenvalue weighted by molar-refractivity contribution is -0.130. The molecule has 3 nitrogen and oxygen atoms in total. The number of rotatable bonds is 8. The third kappa shape index (κ3) is 7.37. The third-order valence-electron chi connectivity index (χ3n) is 2.53. The minimum Gasteiger partial charge on any atom is -0.343 e. The van der Waals surface area contributed by atoms with Crippen LogP contribution in [0, 0.1) is 5.92 Å². The monoisotopic (exact) mass is 214 g/mol. The second-order valence-electron chi connectivity index (χ2n) is 4.25. The van der Waals surface area contributed by atoms with E-state index in [1.165, 1.54) is 6.42 Å². The van der Waals surface area contributed by atoms with Crippen molar-refractivity contribution in [1.82, 2.24) is 10.2 Å². The van der Waals surface area contributed by atoms with Gasteiger partial charge < -0.3 is 10.2 Å². The van der Waals surface area contributed by atoms with Crippen molar-refractivity contribution >= 4 is 5.91 Å². The van der Waals surface area contributed by atoms with Gasteiger partial charge in [-0.3, -0.25) is 4.79 Å². The summed E-state index contributed by atoms with van der Waals surface area (Å²) in [5.74, 6) is 0.994. The first-order chi connectivity index (χ1) is 7.11. The molecule has 3 heteroatoms. The van der Waals surface area contributed by atoms with E-state index >= 15 is 0 Å². The highest BCUT2D eigenvalue weighted by atomic mass is 16.2. The molecule has 1 N–H and O–H groups in total. The van der Waals surface area contributed by atoms with Crippen LogP contribution in [0.15, 0.2) is 0 Å². The van der Waals surface area contributed by atoms with Gasteiger partial charge in [-0.15, -0.1) is 0 Å². The summed E-state index contributed by atoms with van der Waals surface area (Å²) in [6, 6.07) is 0. The molecule has 0 aliphatic carbocycles. The maximum atomic E-state index is 11.6. The fourth-order valence-electron chi connectivity index (χ4n) is 1.45. The smallest absolute Gasteiger partial charge is 0.223 e. The number of nitrogens with one attached hydrogen (secondary N) is 1. The summed E-state index contributed by atoms with van der Waals surface area (Å²) < 4.78 is 0. The average molecular weight is 214 g/mol. The van der Waals surface area contributed by atoms with Gasteiger partial charge in [0.25, 0.3) is 0 Å². The van der Waals surface area contributed by atoms with E-state index in [1.54, 1.807) is 0 Å². The zero-order valence-corrected chi connectivity index (χ0v) is 10.7. The van der Waals surface area contributed by atoms with Crippen molar-refractivity contribution in [2.75, 3.05) is 26.2 Å². The van der Waals surface area contributed by atoms with E-state index in [1.807, 2.05) is 18.7 Å². The first-order valence-electron chi connectivity index (χ1n) is 6.10. The number of amides is 1. The van der Waals surface area contributed by atoms with E-state index in [2.05, 4.69) is 19.2 Å². The number of hydrogen-bond donors (Lipinski definition) is 1. The van der Waals surface area contributed by atoms with E-state index in [-0.39, 0.29) is 5.91 Å². The molecule has 1 amide bonds. The standard InChI is InChI=1S/C12H26N2O/c1-5-14(6-2)12(15)8-10-13-9-7-11(3)4/h11,13H,5-10H2,1-4H3. The first-order valence-corrected chi connectivity index (χ1v) is 6.10. The van der Waals surface area contributed by atoms with E-state index in [0.29, 0.717) is 6.42 Å². The van der Waals surface area contributed by atoms with Gasteiger partial charge >= 0.3 is 0 Å². The minimum absolute atomic E-state index is 0.261. The summed E-state index contributed by atoms with van der Waals surface area (Å²) in [6.07, 6.45) is 1.80. The number of carbonyl (C=O) groups excluding carboxylic acids is 1. The van der Waals surface area contributed by atoms with Crippen molar-refractivity contribution in [2.45, 2.75) is 40.5 Å². The highest BCUT2D eigenvalue weighted by Gasteiger charge is 2.07. The molecule has 0 bridgehead atoms. The number of carbonyl (C=O) groups is 1. The minimum atomic E-state index is 0.261. The van der Waals surface area contributed by atoms with Crippen LogP contribution in [0.2, 0.25) is 0 Å². The average Bonchev–Trinajstić information content (AvgIpc) is 2.18. The Kier molecular flexibility index (Phi) is 8.38. The summed E-state index contributed by atoms with van der Waals surface area (Å²) in [4.78, 5) is 13.5. The molecule has 90 valence electrons. The van der Waals surface area contributed by atoms with Crippen LogP contribution >= 0.6 is 0 Å². The van der Waals surface area contributed by atoms with Crippen LogP contribution in [0.4, 0.5) is 0 Å². The first kappa shape index (κ1) is 14.4. The van der Waals surface area contributed by atoms with Crippen molar-refractivity contribution in [2.24, 2.45) is 5.92 Å². The van der Waals surface area contributed by atoms with E-state index in [4.69, 9.17) is 0 Å². The van der Waals surface area contributed by atoms with Crippen LogP contribution in [-0.2, 0) is 4.79 Å². The van der Waals surface area contributed by atoms with Gasteiger partial charge in [0, 0.05) is 26.1 Å². The molecule has 0 aromatic heterocycles. The molecule has 0 aliphatic heterocycles. The Morgan fingerprint density at radius 3 is 2.27 bits per heavy atom. The third-order valence-corrected chi connectivity index (χ3v) is 2.53. The molecule has 0 aromatic carbocycles. The lowest BCUT2D eigenvalue weighted by atomic mass is 10.1. The van der Waals surface area contributed by atoms with E-state index in [0.717, 1.165) is 32.1 Å². The molecule has 15 heavy (non-hydrogen) atoms. The Morgan fingerprint density at radius 2 is 1.80 bits per heavy atom. The van der Waals surface area contributed by atoms with Crippen molar-refractivity contribution in [3.05, 3.63) is 0 Å². The molecule has 0 radical (unpaired) electrons. The van der Waals surface area contributed by atoms with Crippen molar-refractivity contribution in [3.63, 3.8) is 0 Å². The largest absolute Gasteiger partial charge is 0.343 e. The Bertz CT molecular complexity index is 165. The second kappa shape index (κ2) is 8.72. The maximum Gasteiger partial charge on any atom is 0.223 e. The second-order valence-corrected chi connectivity index (χ2v) is 4.25. The Hall–Kier alpha value is -0.570. The Morgan fingerprint density at radius 1 is 1.20 bits per heavy atom. The van der Waals surface area contributed by atoms with Gasteiger partial charge in [0.2, 0.25) is 5.91 Å². The highest BCUT2D eigenvalue weighted by Crippen LogP contribution is 1.97. The lowest BCUT2D eigenvalue weighted by Gasteiger charge is -2.18. The molecule has 0 rings (SSSR count). The summed E-state index contributed by atoms with van der Waals surface area (Å²) in [5, 5.41) is 3.30. The highest BCUT2D eigenvalue weighted by molar-refractivity contribution is 5.76. The molecule has 0 atom stereocenters. The molecule has 0 saturated heterocycles. The van der Waals surface area contributed by atoms with Gasteiger partial charge in [0.05, 0.1) is 0 Å². The Labute approximate surface area is 94.2 Å². The zero-order valence-electron chi connectivity index (χ0n) is 10.7. The topological polar surface area (TPSA) is 32.3 Å². The normalized spacial score (nSPS) is 10.7. The molecule has 0 heterocycles. The van der Waals surface area contributed by atoms with Crippen LogP contribution in [-0.4, -0.2) is 37.0 Å². The molecule has 0 saturated carbocycles. The fourth-order valence-corrected chi connectivity index (χ4v) is 1.45. The predicted molar refractivity (Wildman–Crippen MR) is 64.9 cm³/mol. The van der Waals surface area contributed by atoms with Crippen molar-refractivity contribution < 1.29 is 4.79 Å². The number of hydrogen-bond acceptors (Lipinski definition) is 2. The maximum absolute atomic E-state index is 11.6. The number of nitrogens with zero attached hydrogens (tertiary/aromatic N) is 1. The van der Waals surface area contributed by atoms with Crippen LogP contribution < -0.4 is 5.32 Å². The van der Waals surface area contributed by atoms with Crippen molar-refractivity contribution in [1.29, 1.82) is 0 Å². The fraction of sp³-hybridized carbons (Fsp3) is 0.917. The van der Waals surface area contributed by atoms with Crippen LogP contribution in [0.25, 0.3) is 0 Å². The summed E-state index contributed by atoms with van der Waals surface area (Å²) >= 11 is 0. The quantitative estimate of drug-likeness (QED) is 0.626. The van der Waals surface area contributed by atoms with E-state index < -0.39 is 0 Å². The summed E-state index contributed by atoms with van der Waals surface area (Å²) in [6.45, 7) is 11.9. The van der Waals surface area contributed by atoms with Gasteiger partial charge in [-0.2, -0.15) is 0 Å². The molecule has 0 unspecified atom stereocenters. The molecule has 0 aromatic rings. The van der Waals surface area contributed by atoms with Crippen LogP contribution in [0.3, 0.4) is 0 Å². The van der Waals surface area contributed by atoms with Crippen molar-refractivity contribution in [3.8, 4) is 0 Å². The molecule has 0 fully saturated rings. The SMILES string of the molecule is CCN(CC)C(=O)CCNCCC(C)C.